The van der Waals surface area contributed by atoms with E-state index in [-0.39, 0.29) is 11.3 Å². The minimum atomic E-state index is -0.660. The Morgan fingerprint density at radius 1 is 1.07 bits per heavy atom. The average molecular weight is 374 g/mol. The normalized spacial score (nSPS) is 11.3. The Balaban J connectivity index is 1.71. The van der Waals surface area contributed by atoms with Crippen molar-refractivity contribution in [3.63, 3.8) is 0 Å². The Bertz CT molecular complexity index is 1200. The number of aliphatic imine (C=N–C) groups is 1. The molecule has 8 heteroatoms. The standard InChI is InChI=1S/C20H14N4O4/c25-18-9-8-13(21-11-12-4-3-7-17(19(12)26)24(27)28)10-14(18)20-22-15-5-1-2-6-16(15)23-20/h1-11,25-26H,(H,22,23). The zero-order valence-corrected chi connectivity index (χ0v) is 14.4. The van der Waals surface area contributed by atoms with Crippen LogP contribution in [-0.4, -0.2) is 31.3 Å². The Kier molecular flexibility index (Phi) is 4.21. The summed E-state index contributed by atoms with van der Waals surface area (Å²) in [5, 5.41) is 31.1. The van der Waals surface area contributed by atoms with Crippen LogP contribution in [-0.2, 0) is 0 Å². The second-order valence-electron chi connectivity index (χ2n) is 6.03. The third-order valence-electron chi connectivity index (χ3n) is 4.22. The lowest BCUT2D eigenvalue weighted by Gasteiger charge is -2.03. The molecule has 3 aromatic carbocycles. The fourth-order valence-corrected chi connectivity index (χ4v) is 2.82. The number of phenolic OH excluding ortho intramolecular Hbond substituents is 2. The van der Waals surface area contributed by atoms with Gasteiger partial charge >= 0.3 is 5.69 Å². The summed E-state index contributed by atoms with van der Waals surface area (Å²) < 4.78 is 0. The highest BCUT2D eigenvalue weighted by Gasteiger charge is 2.15. The molecule has 0 saturated heterocycles. The number of para-hydroxylation sites is 3. The molecular weight excluding hydrogens is 360 g/mol. The van der Waals surface area contributed by atoms with Crippen LogP contribution in [0, 0.1) is 10.1 Å². The first-order valence-electron chi connectivity index (χ1n) is 8.31. The largest absolute Gasteiger partial charge is 0.507 e. The van der Waals surface area contributed by atoms with Gasteiger partial charge in [-0.05, 0) is 36.4 Å². The molecule has 28 heavy (non-hydrogen) atoms. The summed E-state index contributed by atoms with van der Waals surface area (Å²) in [5.41, 5.74) is 2.39. The first kappa shape index (κ1) is 17.2. The van der Waals surface area contributed by atoms with Crippen LogP contribution in [0.4, 0.5) is 11.4 Å². The highest BCUT2D eigenvalue weighted by atomic mass is 16.6. The predicted octanol–water partition coefficient (Wildman–Crippen LogP) is 4.30. The van der Waals surface area contributed by atoms with Crippen molar-refractivity contribution in [2.75, 3.05) is 0 Å². The first-order valence-corrected chi connectivity index (χ1v) is 8.31. The summed E-state index contributed by atoms with van der Waals surface area (Å²) in [6.45, 7) is 0. The van der Waals surface area contributed by atoms with Crippen molar-refractivity contribution in [1.82, 2.24) is 9.97 Å². The van der Waals surface area contributed by atoms with Crippen LogP contribution in [0.3, 0.4) is 0 Å². The second-order valence-corrected chi connectivity index (χ2v) is 6.03. The van der Waals surface area contributed by atoms with Crippen LogP contribution in [0.15, 0.2) is 65.7 Å². The van der Waals surface area contributed by atoms with Gasteiger partial charge in [0.25, 0.3) is 0 Å². The van der Waals surface area contributed by atoms with Gasteiger partial charge in [-0.2, -0.15) is 0 Å². The smallest absolute Gasteiger partial charge is 0.311 e. The number of fused-ring (bicyclic) bond motifs is 1. The van der Waals surface area contributed by atoms with Gasteiger partial charge in [-0.15, -0.1) is 0 Å². The minimum Gasteiger partial charge on any atom is -0.507 e. The van der Waals surface area contributed by atoms with Crippen molar-refractivity contribution in [2.45, 2.75) is 0 Å². The predicted molar refractivity (Wildman–Crippen MR) is 105 cm³/mol. The molecule has 138 valence electrons. The van der Waals surface area contributed by atoms with Gasteiger partial charge in [0.1, 0.15) is 11.6 Å². The monoisotopic (exact) mass is 374 g/mol. The molecule has 0 radical (unpaired) electrons. The summed E-state index contributed by atoms with van der Waals surface area (Å²) in [6, 6.07) is 16.4. The van der Waals surface area contributed by atoms with Crippen molar-refractivity contribution in [3.05, 3.63) is 76.3 Å². The number of hydrogen-bond acceptors (Lipinski definition) is 6. The summed E-state index contributed by atoms with van der Waals surface area (Å²) in [4.78, 5) is 22.1. The van der Waals surface area contributed by atoms with E-state index in [1.807, 2.05) is 24.3 Å². The van der Waals surface area contributed by atoms with Gasteiger partial charge in [0.05, 0.1) is 27.2 Å². The van der Waals surface area contributed by atoms with Gasteiger partial charge < -0.3 is 15.2 Å². The summed E-state index contributed by atoms with van der Waals surface area (Å²) in [7, 11) is 0. The number of aromatic hydroxyl groups is 2. The number of benzene rings is 3. The number of aromatic nitrogens is 2. The molecule has 0 aliphatic heterocycles. The van der Waals surface area contributed by atoms with Crippen molar-refractivity contribution in [3.8, 4) is 22.9 Å². The average Bonchev–Trinajstić information content (AvgIpc) is 3.12. The van der Waals surface area contributed by atoms with Crippen LogP contribution in [0.1, 0.15) is 5.56 Å². The van der Waals surface area contributed by atoms with Crippen LogP contribution in [0.5, 0.6) is 11.5 Å². The van der Waals surface area contributed by atoms with Gasteiger partial charge in [0, 0.05) is 17.8 Å². The molecule has 0 fully saturated rings. The lowest BCUT2D eigenvalue weighted by Crippen LogP contribution is -1.91. The molecule has 4 rings (SSSR count). The van der Waals surface area contributed by atoms with Gasteiger partial charge in [-0.25, -0.2) is 4.98 Å². The van der Waals surface area contributed by atoms with Crippen LogP contribution in [0.2, 0.25) is 0 Å². The van der Waals surface area contributed by atoms with Gasteiger partial charge in [0.2, 0.25) is 5.75 Å². The molecule has 0 unspecified atom stereocenters. The van der Waals surface area contributed by atoms with Gasteiger partial charge in [-0.1, -0.05) is 18.2 Å². The van der Waals surface area contributed by atoms with E-state index in [0.29, 0.717) is 17.1 Å². The number of aromatic amines is 1. The lowest BCUT2D eigenvalue weighted by molar-refractivity contribution is -0.385. The van der Waals surface area contributed by atoms with E-state index in [1.54, 1.807) is 12.1 Å². The minimum absolute atomic E-state index is 0.0382. The van der Waals surface area contributed by atoms with Crippen molar-refractivity contribution < 1.29 is 15.1 Å². The van der Waals surface area contributed by atoms with Crippen LogP contribution >= 0.6 is 0 Å². The summed E-state index contributed by atoms with van der Waals surface area (Å²) in [5.74, 6) is 0.0812. The SMILES string of the molecule is O=[N+]([O-])c1cccc(C=Nc2ccc(O)c(-c3nc4ccccc4[nH]3)c2)c1O. The Hall–Kier alpha value is -4.20. The van der Waals surface area contributed by atoms with Gasteiger partial charge in [-0.3, -0.25) is 15.1 Å². The molecule has 0 spiro atoms. The van der Waals surface area contributed by atoms with E-state index < -0.39 is 16.4 Å². The van der Waals surface area contributed by atoms with E-state index in [9.17, 15) is 20.3 Å². The third-order valence-corrected chi connectivity index (χ3v) is 4.22. The molecule has 0 saturated carbocycles. The fraction of sp³-hybridized carbons (Fsp3) is 0. The van der Waals surface area contributed by atoms with Crippen molar-refractivity contribution in [1.29, 1.82) is 0 Å². The Morgan fingerprint density at radius 2 is 1.89 bits per heavy atom. The number of rotatable bonds is 4. The molecule has 3 N–H and O–H groups in total. The number of nitro benzene ring substituents is 1. The van der Waals surface area contributed by atoms with E-state index in [0.717, 1.165) is 11.0 Å². The molecule has 0 aliphatic rings. The zero-order valence-electron chi connectivity index (χ0n) is 14.4. The number of nitro groups is 1. The van der Waals surface area contributed by atoms with Crippen LogP contribution < -0.4 is 0 Å². The van der Waals surface area contributed by atoms with E-state index >= 15 is 0 Å². The number of imidazole rings is 1. The van der Waals surface area contributed by atoms with Crippen molar-refractivity contribution in [2.24, 2.45) is 4.99 Å². The van der Waals surface area contributed by atoms with Crippen LogP contribution in [0.25, 0.3) is 22.4 Å². The molecule has 4 aromatic rings. The Labute approximate surface area is 158 Å². The maximum atomic E-state index is 10.9. The Morgan fingerprint density at radius 3 is 2.68 bits per heavy atom. The zero-order chi connectivity index (χ0) is 19.7. The summed E-state index contributed by atoms with van der Waals surface area (Å²) >= 11 is 0. The maximum absolute atomic E-state index is 10.9. The highest BCUT2D eigenvalue weighted by molar-refractivity contribution is 5.88. The number of phenols is 2. The molecule has 1 heterocycles. The third kappa shape index (κ3) is 3.14. The molecule has 0 atom stereocenters. The lowest BCUT2D eigenvalue weighted by atomic mass is 10.1. The number of nitrogens with one attached hydrogen (secondary N) is 1. The molecule has 0 aliphatic carbocycles. The number of hydrogen-bond donors (Lipinski definition) is 3. The van der Waals surface area contributed by atoms with E-state index in [4.69, 9.17) is 0 Å². The first-order chi connectivity index (χ1) is 13.5. The van der Waals surface area contributed by atoms with E-state index in [1.165, 1.54) is 30.5 Å². The molecule has 0 bridgehead atoms. The summed E-state index contributed by atoms with van der Waals surface area (Å²) in [6.07, 6.45) is 1.33. The van der Waals surface area contributed by atoms with Gasteiger partial charge in [0.15, 0.2) is 0 Å². The maximum Gasteiger partial charge on any atom is 0.311 e. The second kappa shape index (κ2) is 6.84. The van der Waals surface area contributed by atoms with Crippen molar-refractivity contribution >= 4 is 28.6 Å². The molecular formula is C20H14N4O4. The number of H-pyrrole nitrogens is 1. The van der Waals surface area contributed by atoms with E-state index in [2.05, 4.69) is 15.0 Å². The quantitative estimate of drug-likeness (QED) is 0.279. The molecule has 8 nitrogen and oxygen atoms in total. The number of nitrogens with zero attached hydrogens (tertiary/aromatic N) is 3. The highest BCUT2D eigenvalue weighted by Crippen LogP contribution is 2.33. The topological polar surface area (TPSA) is 125 Å². The fourth-order valence-electron chi connectivity index (χ4n) is 2.82. The molecule has 0 amide bonds. The molecule has 1 aromatic heterocycles.